The molecule has 2 N–H and O–H groups in total. The molecule has 1 saturated heterocycles. The third kappa shape index (κ3) is 3.46. The first-order valence-corrected chi connectivity index (χ1v) is 9.73. The van der Waals surface area contributed by atoms with Crippen molar-refractivity contribution < 1.29 is 14.1 Å². The van der Waals surface area contributed by atoms with E-state index in [9.17, 15) is 18.9 Å². The predicted molar refractivity (Wildman–Crippen MR) is 102 cm³/mol. The minimum absolute atomic E-state index is 0.0741. The highest BCUT2D eigenvalue weighted by Gasteiger charge is 2.29. The molecule has 0 bridgehead atoms. The molecule has 8 heteroatoms. The first-order valence-electron chi connectivity index (χ1n) is 8.62. The zero-order chi connectivity index (χ0) is 19.0. The van der Waals surface area contributed by atoms with Gasteiger partial charge in [-0.1, -0.05) is 20.3 Å². The number of carbonyl (C=O) groups excluding carboxylic acids is 1. The van der Waals surface area contributed by atoms with Gasteiger partial charge in [0.25, 0.3) is 11.5 Å². The second-order valence-corrected chi connectivity index (χ2v) is 8.17. The number of hydrogen-bond acceptors (Lipinski definition) is 4. The minimum Gasteiger partial charge on any atom is -0.506 e. The second kappa shape index (κ2) is 7.11. The summed E-state index contributed by atoms with van der Waals surface area (Å²) in [5, 5.41) is 11.1. The van der Waals surface area contributed by atoms with Crippen LogP contribution in [0.25, 0.3) is 10.9 Å². The normalized spacial score (nSPS) is 17.3. The van der Waals surface area contributed by atoms with Gasteiger partial charge in [-0.05, 0) is 30.9 Å². The van der Waals surface area contributed by atoms with E-state index in [2.05, 4.69) is 18.6 Å². The molecule has 7 nitrogen and oxygen atoms in total. The van der Waals surface area contributed by atoms with Crippen molar-refractivity contribution in [2.45, 2.75) is 33.1 Å². The van der Waals surface area contributed by atoms with E-state index in [-0.39, 0.29) is 23.8 Å². The Bertz CT molecular complexity index is 952. The number of pyridine rings is 1. The van der Waals surface area contributed by atoms with Crippen LogP contribution in [-0.2, 0) is 29.4 Å². The van der Waals surface area contributed by atoms with Crippen LogP contribution in [0.15, 0.2) is 23.0 Å². The predicted octanol–water partition coefficient (Wildman–Crippen LogP) is 1.74. The first kappa shape index (κ1) is 18.4. The number of carbonyl (C=O) groups is 1. The van der Waals surface area contributed by atoms with Crippen LogP contribution in [0.2, 0.25) is 0 Å². The van der Waals surface area contributed by atoms with Gasteiger partial charge in [-0.15, -0.1) is 0 Å². The van der Waals surface area contributed by atoms with Crippen LogP contribution in [0.5, 0.6) is 5.75 Å². The Morgan fingerprint density at radius 3 is 2.62 bits per heavy atom. The molecule has 1 atom stereocenters. The Morgan fingerprint density at radius 2 is 2.00 bits per heavy atom. The maximum Gasteiger partial charge on any atom is 0.253 e. The minimum atomic E-state index is -1.71. The van der Waals surface area contributed by atoms with Gasteiger partial charge in [0, 0.05) is 24.1 Å². The fourth-order valence-electron chi connectivity index (χ4n) is 3.19. The number of nitrogens with zero attached hydrogens (tertiary/aromatic N) is 2. The summed E-state index contributed by atoms with van der Waals surface area (Å²) in [5.74, 6) is 0.0978. The Kier molecular flexibility index (Phi) is 5.04. The van der Waals surface area contributed by atoms with Crippen molar-refractivity contribution in [1.29, 1.82) is 0 Å². The number of phenols is 1. The summed E-state index contributed by atoms with van der Waals surface area (Å²) >= 11 is -1.71. The molecular formula is C18H23N3O4S. The summed E-state index contributed by atoms with van der Waals surface area (Å²) in [6, 6.07) is 4.98. The molecule has 2 aromatic rings. The monoisotopic (exact) mass is 377 g/mol. The van der Waals surface area contributed by atoms with E-state index in [0.717, 1.165) is 18.2 Å². The van der Waals surface area contributed by atoms with E-state index in [1.165, 1.54) is 14.9 Å². The topological polar surface area (TPSA) is 91.6 Å². The van der Waals surface area contributed by atoms with E-state index in [1.807, 2.05) is 6.07 Å². The Labute approximate surface area is 154 Å². The van der Waals surface area contributed by atoms with E-state index in [0.29, 0.717) is 29.1 Å². The lowest BCUT2D eigenvalue weighted by Crippen LogP contribution is -2.23. The summed E-state index contributed by atoms with van der Waals surface area (Å²) in [6.45, 7) is 4.22. The molecule has 1 amide bonds. The number of benzene rings is 1. The fraction of sp³-hybridized carbons (Fsp3) is 0.444. The lowest BCUT2D eigenvalue weighted by Gasteiger charge is -2.17. The lowest BCUT2D eigenvalue weighted by molar-refractivity contribution is -0.117. The number of anilines is 1. The maximum absolute atomic E-state index is 12.6. The molecule has 1 aliphatic heterocycles. The summed E-state index contributed by atoms with van der Waals surface area (Å²) < 4.78 is 17.1. The molecule has 1 aromatic carbocycles. The third-order valence-electron chi connectivity index (χ3n) is 4.58. The van der Waals surface area contributed by atoms with Gasteiger partial charge < -0.3 is 9.67 Å². The van der Waals surface area contributed by atoms with E-state index >= 15 is 0 Å². The van der Waals surface area contributed by atoms with Crippen LogP contribution < -0.4 is 14.6 Å². The second-order valence-electron chi connectivity index (χ2n) is 7.03. The first-order chi connectivity index (χ1) is 12.3. The average Bonchev–Trinajstić information content (AvgIpc) is 2.90. The van der Waals surface area contributed by atoms with Gasteiger partial charge in [-0.2, -0.15) is 0 Å². The number of hydrogen-bond donors (Lipinski definition) is 2. The summed E-state index contributed by atoms with van der Waals surface area (Å²) in [4.78, 5) is 24.0. The van der Waals surface area contributed by atoms with Crippen molar-refractivity contribution in [3.8, 4) is 5.75 Å². The van der Waals surface area contributed by atoms with Crippen LogP contribution in [0.1, 0.15) is 32.3 Å². The standard InChI is InChI=1S/C18H23N3O4S/c1-11(2)5-4-6-12-7-13-8-15(21-10-17(23)19-26(21)25)16(22)9-14(13)20(3)18(12)24/h7-9,11,22H,4-6,10H2,1-3H3,(H,19,23). The number of amides is 1. The Balaban J connectivity index is 2.04. The highest BCUT2D eigenvalue weighted by Crippen LogP contribution is 2.33. The van der Waals surface area contributed by atoms with E-state index < -0.39 is 11.2 Å². The number of aromatic hydroxyl groups is 1. The van der Waals surface area contributed by atoms with Crippen molar-refractivity contribution >= 4 is 33.7 Å². The van der Waals surface area contributed by atoms with Crippen LogP contribution in [0.4, 0.5) is 5.69 Å². The molecule has 3 rings (SSSR count). The number of rotatable bonds is 5. The van der Waals surface area contributed by atoms with Gasteiger partial charge in [0.15, 0.2) is 0 Å². The van der Waals surface area contributed by atoms with Gasteiger partial charge in [-0.25, -0.2) is 4.21 Å². The van der Waals surface area contributed by atoms with Crippen LogP contribution in [0, 0.1) is 5.92 Å². The maximum atomic E-state index is 12.6. The zero-order valence-corrected chi connectivity index (χ0v) is 15.9. The molecule has 1 fully saturated rings. The summed E-state index contributed by atoms with van der Waals surface area (Å²) in [7, 11) is 1.68. The number of aromatic nitrogens is 1. The van der Waals surface area contributed by atoms with Crippen molar-refractivity contribution in [3.05, 3.63) is 34.1 Å². The van der Waals surface area contributed by atoms with Crippen molar-refractivity contribution in [2.75, 3.05) is 10.8 Å². The molecule has 0 spiro atoms. The highest BCUT2D eigenvalue weighted by atomic mass is 32.2. The molecule has 0 saturated carbocycles. The average molecular weight is 377 g/mol. The van der Waals surface area contributed by atoms with Crippen LogP contribution in [0.3, 0.4) is 0 Å². The van der Waals surface area contributed by atoms with Crippen molar-refractivity contribution in [3.63, 3.8) is 0 Å². The largest absolute Gasteiger partial charge is 0.506 e. The van der Waals surface area contributed by atoms with Crippen molar-refractivity contribution in [2.24, 2.45) is 13.0 Å². The van der Waals surface area contributed by atoms with Gasteiger partial charge in [0.1, 0.15) is 12.3 Å². The molecule has 140 valence electrons. The molecule has 0 aliphatic carbocycles. The SMILES string of the molecule is CC(C)CCCc1cc2cc(N3CC(=O)NS3=O)c(O)cc2n(C)c1=O. The van der Waals surface area contributed by atoms with Gasteiger partial charge in [0.05, 0.1) is 11.2 Å². The summed E-state index contributed by atoms with van der Waals surface area (Å²) in [6.07, 6.45) is 2.66. The fourth-order valence-corrected chi connectivity index (χ4v) is 4.12. The molecule has 1 aliphatic rings. The molecule has 1 aromatic heterocycles. The number of fused-ring (bicyclic) bond motifs is 1. The molecule has 2 heterocycles. The third-order valence-corrected chi connectivity index (χ3v) is 5.71. The van der Waals surface area contributed by atoms with Gasteiger partial charge in [-0.3, -0.25) is 18.6 Å². The number of aryl methyl sites for hydroxylation is 2. The zero-order valence-electron chi connectivity index (χ0n) is 15.1. The molecular weight excluding hydrogens is 354 g/mol. The van der Waals surface area contributed by atoms with E-state index in [4.69, 9.17) is 0 Å². The molecule has 26 heavy (non-hydrogen) atoms. The summed E-state index contributed by atoms with van der Waals surface area (Å²) in [5.41, 5.74) is 1.54. The Hall–Kier alpha value is -2.35. The van der Waals surface area contributed by atoms with Crippen LogP contribution >= 0.6 is 0 Å². The smallest absolute Gasteiger partial charge is 0.253 e. The highest BCUT2D eigenvalue weighted by molar-refractivity contribution is 7.85. The Morgan fingerprint density at radius 1 is 1.27 bits per heavy atom. The molecule has 0 radical (unpaired) electrons. The lowest BCUT2D eigenvalue weighted by atomic mass is 10.0. The van der Waals surface area contributed by atoms with Crippen molar-refractivity contribution in [1.82, 2.24) is 9.29 Å². The number of nitrogens with one attached hydrogen (secondary N) is 1. The van der Waals surface area contributed by atoms with E-state index in [1.54, 1.807) is 13.1 Å². The van der Waals surface area contributed by atoms with Gasteiger partial charge >= 0.3 is 0 Å². The quantitative estimate of drug-likeness (QED) is 0.830. The van der Waals surface area contributed by atoms with Gasteiger partial charge in [0.2, 0.25) is 11.2 Å². The number of phenolic OH excluding ortho intramolecular Hbond substituents is 1. The van der Waals surface area contributed by atoms with Crippen LogP contribution in [-0.4, -0.2) is 26.3 Å². The molecule has 1 unspecified atom stereocenters.